The third-order valence-corrected chi connectivity index (χ3v) is 27.1. The van der Waals surface area contributed by atoms with Crippen molar-refractivity contribution in [3.05, 3.63) is 189 Å². The van der Waals surface area contributed by atoms with Gasteiger partial charge < -0.3 is 79.7 Å². The van der Waals surface area contributed by atoms with E-state index < -0.39 is 78.8 Å². The number of carbonyl (C=O) groups is 4. The third kappa shape index (κ3) is 29.4. The Morgan fingerprint density at radius 2 is 0.708 bits per heavy atom. The van der Waals surface area contributed by atoms with Crippen LogP contribution in [0.3, 0.4) is 0 Å². The zero-order valence-electron chi connectivity index (χ0n) is 67.4. The molecule has 3 aliphatic rings. The van der Waals surface area contributed by atoms with Crippen molar-refractivity contribution in [2.45, 2.75) is 115 Å². The second kappa shape index (κ2) is 47.5. The van der Waals surface area contributed by atoms with Crippen LogP contribution in [0.2, 0.25) is 30.1 Å². The number of rotatable bonds is 51. The van der Waals surface area contributed by atoms with E-state index in [1.807, 2.05) is 57.5 Å². The Bertz CT molecular complexity index is 4350. The van der Waals surface area contributed by atoms with E-state index in [9.17, 15) is 59.8 Å². The number of aliphatic hydroxyl groups is 3. The molecule has 120 heavy (non-hydrogen) atoms. The van der Waals surface area contributed by atoms with Crippen LogP contribution in [0.5, 0.6) is 0 Å². The Labute approximate surface area is 732 Å². The van der Waals surface area contributed by atoms with Gasteiger partial charge in [-0.2, -0.15) is 0 Å². The molecule has 0 spiro atoms. The predicted octanol–water partition coefficient (Wildman–Crippen LogP) is 8.35. The molecule has 0 aromatic heterocycles. The largest absolute Gasteiger partial charge is 0.394 e. The van der Waals surface area contributed by atoms with Crippen molar-refractivity contribution in [3.8, 4) is 0 Å². The second-order valence-corrected chi connectivity index (χ2v) is 38.0. The van der Waals surface area contributed by atoms with E-state index in [1.165, 1.54) is 18.2 Å². The Hall–Kier alpha value is -5.81. The molecule has 0 aliphatic carbocycles. The summed E-state index contributed by atoms with van der Waals surface area (Å²) in [6.07, 6.45) is -0.683. The van der Waals surface area contributed by atoms with Gasteiger partial charge in [0, 0.05) is 158 Å². The van der Waals surface area contributed by atoms with Crippen LogP contribution < -0.4 is 35.4 Å². The molecule has 4 amide bonds. The van der Waals surface area contributed by atoms with E-state index in [0.29, 0.717) is 69.4 Å². The van der Waals surface area contributed by atoms with E-state index >= 15 is 0 Å². The first-order chi connectivity index (χ1) is 57.3. The summed E-state index contributed by atoms with van der Waals surface area (Å²) in [5.74, 6) is -1.72. The van der Waals surface area contributed by atoms with Crippen LogP contribution in [-0.2, 0) is 92.5 Å². The molecule has 3 heterocycles. The Balaban J connectivity index is 0.725. The number of nitrogens with one attached hydrogen (secondary N) is 7. The van der Waals surface area contributed by atoms with Gasteiger partial charge in [-0.15, -0.1) is 0 Å². The van der Waals surface area contributed by atoms with Gasteiger partial charge in [0.25, 0.3) is 0 Å². The summed E-state index contributed by atoms with van der Waals surface area (Å²) in [5.41, 5.74) is 4.65. The number of Topliss-reactive ketones (excluding diaryl/α,β-unsaturated/α-hetero) is 1. The van der Waals surface area contributed by atoms with Gasteiger partial charge >= 0.3 is 6.03 Å². The first-order valence-corrected chi connectivity index (χ1v) is 46.3. The van der Waals surface area contributed by atoms with Gasteiger partial charge in [-0.05, 0) is 170 Å². The fraction of sp³-hybridized carbons (Fsp3) is 0.512. The molecule has 0 bridgehead atoms. The average molecular weight is 1850 g/mol. The van der Waals surface area contributed by atoms with E-state index in [1.54, 1.807) is 54.6 Å². The molecular weight excluding hydrogens is 1740 g/mol. The molecule has 29 nitrogen and oxygen atoms in total. The standard InChI is InChI=1S/C82H108Cl6N10O19S3/c1-96-47-69(66-41-59(83)44-75(86)72(66)50-96)56-8-4-12-63(38-56)118(106,107)91-23-29-115-33-32-112-26-7-11-62(102)15-18-81(94-80(105)95-82(53-99,54-100)55-101,19-16-78(103)89-21-27-113-34-36-116-30-24-92-119(108,109)64-13-5-9-57(39-64)70-48-97(2)51-73-67(70)42-60(84)45-76(73)87)20-17-79(104)90-22-28-114-35-37-117-31-25-93-120(110,111)65-14-6-10-58(40-65)71-49-98(3)52-74-68(71)43-61(85)46-77(74)88/h4-6,8-10,12-14,38-46,69-71,91-93,99-101H,7,11,15-37,47-55H2,1-3H3,(H,89,103)(H,90,104)(H2,94,95,105)/t69-,70-,71-/m0/s1. The summed E-state index contributed by atoms with van der Waals surface area (Å²) in [5, 5.41) is 44.4. The normalized spacial score (nSPS) is 16.2. The van der Waals surface area contributed by atoms with Crippen molar-refractivity contribution < 1.29 is 88.2 Å². The number of benzene rings is 6. The first-order valence-electron chi connectivity index (χ1n) is 39.6. The number of amides is 4. The summed E-state index contributed by atoms with van der Waals surface area (Å²) in [7, 11) is -5.89. The number of fused-ring (bicyclic) bond motifs is 3. The number of carbonyl (C=O) groups excluding carboxylic acids is 4. The zero-order valence-corrected chi connectivity index (χ0v) is 74.4. The number of sulfonamides is 3. The Morgan fingerprint density at radius 1 is 0.400 bits per heavy atom. The topological polar surface area (TPSA) is 381 Å². The maximum atomic E-state index is 14.0. The van der Waals surface area contributed by atoms with Crippen LogP contribution in [0.1, 0.15) is 119 Å². The van der Waals surface area contributed by atoms with Crippen LogP contribution in [-0.4, -0.2) is 263 Å². The summed E-state index contributed by atoms with van der Waals surface area (Å²) < 4.78 is 123. The monoisotopic (exact) mass is 1840 g/mol. The highest BCUT2D eigenvalue weighted by Gasteiger charge is 2.38. The molecule has 38 heteroatoms. The number of urea groups is 1. The van der Waals surface area contributed by atoms with Crippen LogP contribution >= 0.6 is 69.6 Å². The summed E-state index contributed by atoms with van der Waals surface area (Å²) in [6, 6.07) is 30.0. The molecule has 0 unspecified atom stereocenters. The van der Waals surface area contributed by atoms with E-state index in [0.717, 1.165) is 50.1 Å². The smallest absolute Gasteiger partial charge is 0.315 e. The summed E-state index contributed by atoms with van der Waals surface area (Å²) in [4.78, 5) is 61.6. The van der Waals surface area contributed by atoms with Crippen molar-refractivity contribution in [1.29, 1.82) is 0 Å². The zero-order chi connectivity index (χ0) is 86.6. The molecule has 0 radical (unpaired) electrons. The predicted molar refractivity (Wildman–Crippen MR) is 460 cm³/mol. The lowest BCUT2D eigenvalue weighted by molar-refractivity contribution is -0.121. The maximum Gasteiger partial charge on any atom is 0.315 e. The number of halogens is 6. The molecule has 6 aromatic carbocycles. The molecule has 0 saturated carbocycles. The van der Waals surface area contributed by atoms with Crippen LogP contribution in [0.4, 0.5) is 4.79 Å². The minimum absolute atomic E-state index is 0.0237. The van der Waals surface area contributed by atoms with Crippen molar-refractivity contribution in [2.24, 2.45) is 0 Å². The van der Waals surface area contributed by atoms with Gasteiger partial charge in [0.2, 0.25) is 41.9 Å². The molecule has 9 rings (SSSR count). The van der Waals surface area contributed by atoms with Crippen molar-refractivity contribution in [2.75, 3.05) is 173 Å². The first kappa shape index (κ1) is 98.0. The second-order valence-electron chi connectivity index (χ2n) is 30.2. The van der Waals surface area contributed by atoms with Crippen molar-refractivity contribution in [1.82, 2.24) is 50.1 Å². The summed E-state index contributed by atoms with van der Waals surface area (Å²) >= 11 is 38.9. The number of likely N-dealkylation sites (N-methyl/N-ethyl adjacent to an activating group) is 3. The van der Waals surface area contributed by atoms with Gasteiger partial charge in [0.05, 0.1) is 107 Å². The molecule has 10 N–H and O–H groups in total. The van der Waals surface area contributed by atoms with Crippen LogP contribution in [0.25, 0.3) is 0 Å². The average Bonchev–Trinajstić information content (AvgIpc) is 0.779. The highest BCUT2D eigenvalue weighted by Crippen LogP contribution is 2.43. The van der Waals surface area contributed by atoms with Gasteiger partial charge in [0.1, 0.15) is 11.3 Å². The number of aliphatic hydroxyl groups excluding tert-OH is 3. The van der Waals surface area contributed by atoms with Crippen molar-refractivity contribution in [3.63, 3.8) is 0 Å². The lowest BCUT2D eigenvalue weighted by atomic mass is 9.82. The number of ketones is 1. The van der Waals surface area contributed by atoms with Crippen LogP contribution in [0, 0.1) is 0 Å². The Morgan fingerprint density at radius 3 is 1.04 bits per heavy atom. The van der Waals surface area contributed by atoms with E-state index in [4.69, 9.17) is 98.0 Å². The van der Waals surface area contributed by atoms with Crippen molar-refractivity contribution >= 4 is 123 Å². The highest BCUT2D eigenvalue weighted by atomic mass is 35.5. The molecule has 0 saturated heterocycles. The molecular formula is C82H108Cl6N10O19S3. The van der Waals surface area contributed by atoms with E-state index in [2.05, 4.69) is 50.1 Å². The van der Waals surface area contributed by atoms with Gasteiger partial charge in [-0.1, -0.05) is 106 Å². The minimum atomic E-state index is -3.93. The number of nitrogens with zero attached hydrogens (tertiary/aromatic N) is 3. The quantitative estimate of drug-likeness (QED) is 0.0160. The van der Waals surface area contributed by atoms with Gasteiger partial charge in [-0.3, -0.25) is 14.4 Å². The van der Waals surface area contributed by atoms with E-state index in [-0.39, 0.29) is 202 Å². The Kier molecular flexibility index (Phi) is 38.8. The number of ether oxygens (including phenoxy) is 6. The highest BCUT2D eigenvalue weighted by molar-refractivity contribution is 7.90. The fourth-order valence-corrected chi connectivity index (χ4v) is 19.6. The maximum absolute atomic E-state index is 14.0. The molecule has 0 fully saturated rings. The molecule has 3 atom stereocenters. The summed E-state index contributed by atoms with van der Waals surface area (Å²) in [6.45, 7) is 2.11. The lowest BCUT2D eigenvalue weighted by Crippen LogP contribution is -2.63. The third-order valence-electron chi connectivity index (χ3n) is 21.0. The number of hydrogen-bond acceptors (Lipinski definition) is 22. The number of hydrogen-bond donors (Lipinski definition) is 10. The molecule has 660 valence electrons. The van der Waals surface area contributed by atoms with Crippen LogP contribution in [0.15, 0.2) is 124 Å². The lowest BCUT2D eigenvalue weighted by Gasteiger charge is -2.37. The minimum Gasteiger partial charge on any atom is -0.394 e. The molecule has 3 aliphatic heterocycles. The fourth-order valence-electron chi connectivity index (χ4n) is 14.7. The van der Waals surface area contributed by atoms with Gasteiger partial charge in [-0.25, -0.2) is 44.2 Å². The SMILES string of the molecule is CN1Cc2c(Cl)cc(Cl)cc2[C@H](c2cccc(S(=O)(=O)NCCOCCOCCCC(=O)CCC(CCC(=O)NCCOCCOCCNS(=O)(=O)c3cccc([C@@H]4CN(C)Cc5c(Cl)cc(Cl)cc54)c3)(CCC(=O)NCCOCCOCCNS(=O)(=O)c3cccc([C@@H]4CN(C)Cc5c(Cl)cc(Cl)cc54)c3)NC(=O)NC(CO)(CO)CO)c2)C1. The molecule has 6 aromatic rings. The van der Waals surface area contributed by atoms with Gasteiger partial charge in [0.15, 0.2) is 0 Å².